The van der Waals surface area contributed by atoms with Crippen molar-refractivity contribution in [3.05, 3.63) is 86.3 Å². The molecule has 0 radical (unpaired) electrons. The lowest BCUT2D eigenvalue weighted by atomic mass is 10.2. The van der Waals surface area contributed by atoms with Crippen LogP contribution in [0.2, 0.25) is 10.0 Å². The number of hydrazone groups is 1. The molecule has 2 amide bonds. The number of esters is 1. The third-order valence-corrected chi connectivity index (χ3v) is 5.27. The third-order valence-electron chi connectivity index (χ3n) is 4.21. The summed E-state index contributed by atoms with van der Waals surface area (Å²) in [6.07, 6.45) is 1.29. The van der Waals surface area contributed by atoms with Gasteiger partial charge in [-0.05, 0) is 60.2 Å². The largest absolute Gasteiger partial charge is 0.493 e. The molecule has 0 aliphatic rings. The van der Waals surface area contributed by atoms with Crippen LogP contribution in [-0.4, -0.2) is 31.1 Å². The van der Waals surface area contributed by atoms with E-state index < -0.39 is 17.8 Å². The number of ether oxygens (including phenoxy) is 2. The second-order valence-corrected chi connectivity index (χ2v) is 8.35. The van der Waals surface area contributed by atoms with Crippen LogP contribution in [0.25, 0.3) is 0 Å². The standard InChI is InChI=1S/C23H16BrCl2N3O5/c1-33-20-9-13(5-8-19(20)34-23(32)14-3-2-4-15(24)10-14)12-27-29-22(31)21(30)28-18-11-16(25)6-7-17(18)26/h2-12H,1H3,(H,28,30)(H,29,31)/b27-12-. The summed E-state index contributed by atoms with van der Waals surface area (Å²) in [4.78, 5) is 36.4. The van der Waals surface area contributed by atoms with Gasteiger partial charge in [-0.3, -0.25) is 9.59 Å². The fraction of sp³-hybridized carbons (Fsp3) is 0.0435. The highest BCUT2D eigenvalue weighted by molar-refractivity contribution is 9.10. The quantitative estimate of drug-likeness (QED) is 0.143. The maximum atomic E-state index is 12.4. The monoisotopic (exact) mass is 563 g/mol. The van der Waals surface area contributed by atoms with E-state index >= 15 is 0 Å². The molecule has 3 rings (SSSR count). The number of anilines is 1. The van der Waals surface area contributed by atoms with Crippen LogP contribution >= 0.6 is 39.1 Å². The number of carbonyl (C=O) groups excluding carboxylic acids is 3. The molecular weight excluding hydrogens is 549 g/mol. The molecule has 0 saturated heterocycles. The smallest absolute Gasteiger partial charge is 0.343 e. The van der Waals surface area contributed by atoms with Gasteiger partial charge in [-0.1, -0.05) is 45.2 Å². The van der Waals surface area contributed by atoms with E-state index in [1.807, 2.05) is 0 Å². The van der Waals surface area contributed by atoms with Crippen LogP contribution in [0.4, 0.5) is 5.69 Å². The highest BCUT2D eigenvalue weighted by atomic mass is 79.9. The molecule has 2 N–H and O–H groups in total. The summed E-state index contributed by atoms with van der Waals surface area (Å²) in [5.74, 6) is -2.08. The Labute approximate surface area is 213 Å². The Morgan fingerprint density at radius 1 is 0.971 bits per heavy atom. The molecule has 3 aromatic carbocycles. The lowest BCUT2D eigenvalue weighted by molar-refractivity contribution is -0.136. The predicted molar refractivity (Wildman–Crippen MR) is 133 cm³/mol. The van der Waals surface area contributed by atoms with Gasteiger partial charge < -0.3 is 14.8 Å². The molecule has 174 valence electrons. The van der Waals surface area contributed by atoms with Crippen molar-refractivity contribution >= 4 is 68.8 Å². The number of hydrogen-bond acceptors (Lipinski definition) is 6. The van der Waals surface area contributed by atoms with Crippen LogP contribution in [0.3, 0.4) is 0 Å². The van der Waals surface area contributed by atoms with E-state index in [4.69, 9.17) is 32.7 Å². The first-order chi connectivity index (χ1) is 16.3. The number of methoxy groups -OCH3 is 1. The maximum Gasteiger partial charge on any atom is 0.343 e. The average Bonchev–Trinajstić information content (AvgIpc) is 2.82. The lowest BCUT2D eigenvalue weighted by Crippen LogP contribution is -2.32. The first-order valence-corrected chi connectivity index (χ1v) is 11.1. The topological polar surface area (TPSA) is 106 Å². The summed E-state index contributed by atoms with van der Waals surface area (Å²) in [6.45, 7) is 0. The Hall–Kier alpha value is -3.40. The van der Waals surface area contributed by atoms with E-state index in [1.54, 1.807) is 42.5 Å². The molecule has 11 heteroatoms. The number of carbonyl (C=O) groups is 3. The molecule has 0 heterocycles. The van der Waals surface area contributed by atoms with Crippen LogP contribution < -0.4 is 20.2 Å². The lowest BCUT2D eigenvalue weighted by Gasteiger charge is -2.10. The van der Waals surface area contributed by atoms with Crippen molar-refractivity contribution in [1.29, 1.82) is 0 Å². The van der Waals surface area contributed by atoms with Gasteiger partial charge >= 0.3 is 17.8 Å². The van der Waals surface area contributed by atoms with Gasteiger partial charge in [0.1, 0.15) is 0 Å². The maximum absolute atomic E-state index is 12.4. The summed E-state index contributed by atoms with van der Waals surface area (Å²) in [7, 11) is 1.42. The van der Waals surface area contributed by atoms with Gasteiger partial charge in [0.05, 0.1) is 29.6 Å². The van der Waals surface area contributed by atoms with E-state index in [1.165, 1.54) is 31.5 Å². The highest BCUT2D eigenvalue weighted by Gasteiger charge is 2.15. The SMILES string of the molecule is COc1cc(/C=N\NC(=O)C(=O)Nc2cc(Cl)ccc2Cl)ccc1OC(=O)c1cccc(Br)c1. The van der Waals surface area contributed by atoms with Crippen molar-refractivity contribution in [3.8, 4) is 11.5 Å². The van der Waals surface area contributed by atoms with E-state index in [0.29, 0.717) is 16.1 Å². The molecule has 0 saturated carbocycles. The molecule has 0 bridgehead atoms. The van der Waals surface area contributed by atoms with Crippen LogP contribution in [0, 0.1) is 0 Å². The second-order valence-electron chi connectivity index (χ2n) is 6.59. The van der Waals surface area contributed by atoms with Crippen LogP contribution in [0.5, 0.6) is 11.5 Å². The molecule has 8 nitrogen and oxygen atoms in total. The molecule has 0 atom stereocenters. The molecule has 0 aromatic heterocycles. The Bertz CT molecular complexity index is 1280. The Morgan fingerprint density at radius 3 is 2.50 bits per heavy atom. The van der Waals surface area contributed by atoms with E-state index in [9.17, 15) is 14.4 Å². The molecule has 0 unspecified atom stereocenters. The van der Waals surface area contributed by atoms with E-state index in [2.05, 4.69) is 31.8 Å². The third kappa shape index (κ3) is 6.80. The molecular formula is C23H16BrCl2N3O5. The molecule has 0 fully saturated rings. The minimum atomic E-state index is -1.01. The van der Waals surface area contributed by atoms with E-state index in [-0.39, 0.29) is 22.2 Å². The minimum absolute atomic E-state index is 0.191. The summed E-state index contributed by atoms with van der Waals surface area (Å²) >= 11 is 15.1. The van der Waals surface area contributed by atoms with Crippen molar-refractivity contribution in [1.82, 2.24) is 5.43 Å². The van der Waals surface area contributed by atoms with Gasteiger partial charge in [-0.15, -0.1) is 0 Å². The number of amides is 2. The number of hydrogen-bond donors (Lipinski definition) is 2. The highest BCUT2D eigenvalue weighted by Crippen LogP contribution is 2.29. The first kappa shape index (κ1) is 25.2. The number of rotatable bonds is 6. The number of halogens is 3. The van der Waals surface area contributed by atoms with Gasteiger partial charge in [0.2, 0.25) is 0 Å². The Kier molecular flexibility index (Phi) is 8.64. The van der Waals surface area contributed by atoms with Crippen LogP contribution in [0.1, 0.15) is 15.9 Å². The molecule has 0 aliphatic carbocycles. The number of nitrogens with zero attached hydrogens (tertiary/aromatic N) is 1. The van der Waals surface area contributed by atoms with Crippen molar-refractivity contribution in [2.75, 3.05) is 12.4 Å². The number of nitrogens with one attached hydrogen (secondary N) is 2. The van der Waals surface area contributed by atoms with Gasteiger partial charge in [0, 0.05) is 9.50 Å². The predicted octanol–water partition coefficient (Wildman–Crippen LogP) is 5.07. The van der Waals surface area contributed by atoms with E-state index in [0.717, 1.165) is 4.47 Å². The van der Waals surface area contributed by atoms with Crippen LogP contribution in [-0.2, 0) is 9.59 Å². The fourth-order valence-corrected chi connectivity index (χ4v) is 3.35. The van der Waals surface area contributed by atoms with Crippen LogP contribution in [0.15, 0.2) is 70.2 Å². The van der Waals surface area contributed by atoms with Crippen molar-refractivity contribution in [2.24, 2.45) is 5.10 Å². The summed E-state index contributed by atoms with van der Waals surface area (Å²) < 4.78 is 11.4. The van der Waals surface area contributed by atoms with Gasteiger partial charge in [-0.25, -0.2) is 10.2 Å². The Morgan fingerprint density at radius 2 is 1.76 bits per heavy atom. The summed E-state index contributed by atoms with van der Waals surface area (Å²) in [5, 5.41) is 6.67. The summed E-state index contributed by atoms with van der Waals surface area (Å²) in [5.41, 5.74) is 3.17. The zero-order valence-electron chi connectivity index (χ0n) is 17.5. The van der Waals surface area contributed by atoms with Crippen molar-refractivity contribution in [2.45, 2.75) is 0 Å². The van der Waals surface area contributed by atoms with Gasteiger partial charge in [-0.2, -0.15) is 5.10 Å². The van der Waals surface area contributed by atoms with Crippen molar-refractivity contribution in [3.63, 3.8) is 0 Å². The minimum Gasteiger partial charge on any atom is -0.493 e. The van der Waals surface area contributed by atoms with Gasteiger partial charge in [0.25, 0.3) is 0 Å². The second kappa shape index (κ2) is 11.6. The molecule has 0 spiro atoms. The molecule has 0 aliphatic heterocycles. The normalized spacial score (nSPS) is 10.6. The average molecular weight is 565 g/mol. The molecule has 34 heavy (non-hydrogen) atoms. The van der Waals surface area contributed by atoms with Crippen molar-refractivity contribution < 1.29 is 23.9 Å². The van der Waals surface area contributed by atoms with Gasteiger partial charge in [0.15, 0.2) is 11.5 Å². The fourth-order valence-electron chi connectivity index (χ4n) is 2.61. The first-order valence-electron chi connectivity index (χ1n) is 9.52. The zero-order valence-corrected chi connectivity index (χ0v) is 20.6. The molecule has 3 aromatic rings. The summed E-state index contributed by atoms with van der Waals surface area (Å²) in [6, 6.07) is 15.9. The zero-order chi connectivity index (χ0) is 24.7. The number of benzene rings is 3. The Balaban J connectivity index is 1.62.